The minimum Gasteiger partial charge on any atom is -0.493 e. The van der Waals surface area contributed by atoms with E-state index in [1.165, 1.54) is 32.1 Å². The summed E-state index contributed by atoms with van der Waals surface area (Å²) in [6.07, 6.45) is 10.4. The lowest BCUT2D eigenvalue weighted by Crippen LogP contribution is -2.15. The van der Waals surface area contributed by atoms with E-state index in [-0.39, 0.29) is 6.61 Å². The molecule has 1 aliphatic rings. The van der Waals surface area contributed by atoms with Crippen LogP contribution in [-0.4, -0.2) is 18.3 Å². The molecule has 0 amide bonds. The average molecular weight is 246 g/mol. The molecular weight excluding hydrogens is 224 g/mol. The summed E-state index contributed by atoms with van der Waals surface area (Å²) in [6, 6.07) is 8.03. The maximum absolute atomic E-state index is 8.75. The van der Waals surface area contributed by atoms with Gasteiger partial charge in [-0.15, -0.1) is 0 Å². The highest BCUT2D eigenvalue weighted by Crippen LogP contribution is 2.25. The van der Waals surface area contributed by atoms with Gasteiger partial charge in [0.1, 0.15) is 5.75 Å². The zero-order chi connectivity index (χ0) is 12.6. The van der Waals surface area contributed by atoms with E-state index in [9.17, 15) is 0 Å². The molecule has 1 aromatic carbocycles. The van der Waals surface area contributed by atoms with Crippen LogP contribution in [-0.2, 0) is 0 Å². The lowest BCUT2D eigenvalue weighted by atomic mass is 9.90. The number of ether oxygens (including phenoxy) is 1. The van der Waals surface area contributed by atoms with Crippen LogP contribution in [0.15, 0.2) is 30.3 Å². The van der Waals surface area contributed by atoms with Crippen LogP contribution in [0, 0.1) is 5.92 Å². The maximum Gasteiger partial charge on any atom is 0.119 e. The van der Waals surface area contributed by atoms with Crippen LogP contribution in [0.2, 0.25) is 0 Å². The van der Waals surface area contributed by atoms with Gasteiger partial charge in [-0.05, 0) is 36.5 Å². The fourth-order valence-electron chi connectivity index (χ4n) is 2.46. The molecule has 0 spiro atoms. The van der Waals surface area contributed by atoms with Crippen molar-refractivity contribution in [1.82, 2.24) is 0 Å². The second-order valence-electron chi connectivity index (χ2n) is 4.97. The Balaban J connectivity index is 1.86. The summed E-state index contributed by atoms with van der Waals surface area (Å²) in [5.41, 5.74) is 1.07. The summed E-state index contributed by atoms with van der Waals surface area (Å²) in [5, 5.41) is 8.75. The van der Waals surface area contributed by atoms with E-state index in [0.29, 0.717) is 0 Å². The first-order valence-corrected chi connectivity index (χ1v) is 6.89. The third kappa shape index (κ3) is 4.19. The summed E-state index contributed by atoms with van der Waals surface area (Å²) in [4.78, 5) is 0. The summed E-state index contributed by atoms with van der Waals surface area (Å²) < 4.78 is 5.87. The number of benzene rings is 1. The SMILES string of the molecule is OC/C=C/c1cccc(OCC2CCCCC2)c1. The summed E-state index contributed by atoms with van der Waals surface area (Å²) >= 11 is 0. The standard InChI is InChI=1S/C16H22O2/c17-11-5-9-14-8-4-10-16(12-14)18-13-15-6-2-1-3-7-15/h4-5,8-10,12,15,17H,1-3,6-7,11,13H2/b9-5+. The van der Waals surface area contributed by atoms with Crippen LogP contribution in [0.4, 0.5) is 0 Å². The van der Waals surface area contributed by atoms with Gasteiger partial charge in [-0.3, -0.25) is 0 Å². The number of hydrogen-bond donors (Lipinski definition) is 1. The van der Waals surface area contributed by atoms with Gasteiger partial charge in [0.15, 0.2) is 0 Å². The summed E-state index contributed by atoms with van der Waals surface area (Å²) in [5.74, 6) is 1.66. The molecule has 1 N–H and O–H groups in total. The van der Waals surface area contributed by atoms with E-state index in [0.717, 1.165) is 23.8 Å². The normalized spacial score (nSPS) is 17.2. The molecular formula is C16H22O2. The Morgan fingerprint density at radius 3 is 2.83 bits per heavy atom. The minimum absolute atomic E-state index is 0.0765. The van der Waals surface area contributed by atoms with E-state index in [2.05, 4.69) is 0 Å². The van der Waals surface area contributed by atoms with Crippen LogP contribution >= 0.6 is 0 Å². The lowest BCUT2D eigenvalue weighted by molar-refractivity contribution is 0.209. The van der Waals surface area contributed by atoms with Gasteiger partial charge in [0, 0.05) is 0 Å². The zero-order valence-electron chi connectivity index (χ0n) is 10.8. The van der Waals surface area contributed by atoms with Crippen LogP contribution < -0.4 is 4.74 Å². The van der Waals surface area contributed by atoms with Gasteiger partial charge in [0.25, 0.3) is 0 Å². The summed E-state index contributed by atoms with van der Waals surface area (Å²) in [6.45, 7) is 0.917. The van der Waals surface area contributed by atoms with Gasteiger partial charge in [-0.25, -0.2) is 0 Å². The molecule has 0 aliphatic heterocycles. The molecule has 2 nitrogen and oxygen atoms in total. The van der Waals surface area contributed by atoms with Gasteiger partial charge in [0.05, 0.1) is 13.2 Å². The molecule has 1 fully saturated rings. The Bertz CT molecular complexity index is 378. The Kier molecular flexibility index (Phi) is 5.28. The Morgan fingerprint density at radius 1 is 1.22 bits per heavy atom. The Morgan fingerprint density at radius 2 is 2.06 bits per heavy atom. The Labute approximate surface area is 109 Å². The first-order valence-electron chi connectivity index (χ1n) is 6.89. The molecule has 1 saturated carbocycles. The summed E-state index contributed by atoms with van der Waals surface area (Å²) in [7, 11) is 0. The molecule has 0 bridgehead atoms. The van der Waals surface area contributed by atoms with Crippen molar-refractivity contribution in [3.63, 3.8) is 0 Å². The molecule has 0 aromatic heterocycles. The largest absolute Gasteiger partial charge is 0.493 e. The van der Waals surface area contributed by atoms with Crippen molar-refractivity contribution in [1.29, 1.82) is 0 Å². The predicted octanol–water partition coefficient (Wildman–Crippen LogP) is 3.65. The second kappa shape index (κ2) is 7.22. The third-order valence-corrected chi connectivity index (χ3v) is 3.48. The van der Waals surface area contributed by atoms with Gasteiger partial charge >= 0.3 is 0 Å². The van der Waals surface area contributed by atoms with Crippen LogP contribution in [0.3, 0.4) is 0 Å². The average Bonchev–Trinajstić information content (AvgIpc) is 2.44. The number of aliphatic hydroxyl groups is 1. The van der Waals surface area contributed by atoms with E-state index in [4.69, 9.17) is 9.84 Å². The molecule has 0 saturated heterocycles. The molecule has 2 rings (SSSR count). The van der Waals surface area contributed by atoms with Gasteiger partial charge in [0.2, 0.25) is 0 Å². The van der Waals surface area contributed by atoms with Crippen LogP contribution in [0.5, 0.6) is 5.75 Å². The molecule has 0 atom stereocenters. The smallest absolute Gasteiger partial charge is 0.119 e. The van der Waals surface area contributed by atoms with Crippen molar-refractivity contribution in [2.45, 2.75) is 32.1 Å². The molecule has 0 radical (unpaired) electrons. The quantitative estimate of drug-likeness (QED) is 0.859. The monoisotopic (exact) mass is 246 g/mol. The number of hydrogen-bond acceptors (Lipinski definition) is 2. The van der Waals surface area contributed by atoms with Crippen molar-refractivity contribution in [2.24, 2.45) is 5.92 Å². The molecule has 18 heavy (non-hydrogen) atoms. The number of rotatable bonds is 5. The van der Waals surface area contributed by atoms with E-state index in [1.54, 1.807) is 6.08 Å². The topological polar surface area (TPSA) is 29.5 Å². The van der Waals surface area contributed by atoms with Gasteiger partial charge in [-0.1, -0.05) is 43.5 Å². The number of aliphatic hydroxyl groups excluding tert-OH is 1. The molecule has 0 heterocycles. The van der Waals surface area contributed by atoms with Crippen molar-refractivity contribution in [3.05, 3.63) is 35.9 Å². The highest BCUT2D eigenvalue weighted by atomic mass is 16.5. The lowest BCUT2D eigenvalue weighted by Gasteiger charge is -2.21. The van der Waals surface area contributed by atoms with Crippen LogP contribution in [0.1, 0.15) is 37.7 Å². The molecule has 0 unspecified atom stereocenters. The van der Waals surface area contributed by atoms with Gasteiger partial charge < -0.3 is 9.84 Å². The fraction of sp³-hybridized carbons (Fsp3) is 0.500. The van der Waals surface area contributed by atoms with Crippen LogP contribution in [0.25, 0.3) is 6.08 Å². The first-order chi connectivity index (χ1) is 8.88. The van der Waals surface area contributed by atoms with E-state index in [1.807, 2.05) is 30.3 Å². The van der Waals surface area contributed by atoms with Crippen molar-refractivity contribution < 1.29 is 9.84 Å². The van der Waals surface area contributed by atoms with E-state index < -0.39 is 0 Å². The molecule has 1 aromatic rings. The molecule has 1 aliphatic carbocycles. The fourth-order valence-corrected chi connectivity index (χ4v) is 2.46. The van der Waals surface area contributed by atoms with Crippen molar-refractivity contribution in [2.75, 3.05) is 13.2 Å². The third-order valence-electron chi connectivity index (χ3n) is 3.48. The molecule has 2 heteroatoms. The highest BCUT2D eigenvalue weighted by Gasteiger charge is 2.13. The molecule has 98 valence electrons. The predicted molar refractivity (Wildman–Crippen MR) is 74.6 cm³/mol. The zero-order valence-corrected chi connectivity index (χ0v) is 10.8. The van der Waals surface area contributed by atoms with Gasteiger partial charge in [-0.2, -0.15) is 0 Å². The minimum atomic E-state index is 0.0765. The second-order valence-corrected chi connectivity index (χ2v) is 4.97. The van der Waals surface area contributed by atoms with Crippen molar-refractivity contribution in [3.8, 4) is 5.75 Å². The Hall–Kier alpha value is -1.28. The highest BCUT2D eigenvalue weighted by molar-refractivity contribution is 5.51. The van der Waals surface area contributed by atoms with Crippen molar-refractivity contribution >= 4 is 6.08 Å². The van der Waals surface area contributed by atoms with E-state index >= 15 is 0 Å². The first kappa shape index (κ1) is 13.2. The maximum atomic E-state index is 8.75.